The molecule has 2 aliphatic heterocycles. The van der Waals surface area contributed by atoms with Gasteiger partial charge in [-0.25, -0.2) is 0 Å². The first-order chi connectivity index (χ1) is 14.2. The van der Waals surface area contributed by atoms with E-state index in [2.05, 4.69) is 51.7 Å². The Morgan fingerprint density at radius 3 is 2.67 bits per heavy atom. The Hall–Kier alpha value is -0.900. The summed E-state index contributed by atoms with van der Waals surface area (Å²) in [5.74, 6) is 0.834. The molecule has 0 bridgehead atoms. The summed E-state index contributed by atoms with van der Waals surface area (Å²) in [6, 6.07) is 9.68. The van der Waals surface area contributed by atoms with Crippen LogP contribution < -0.4 is 10.6 Å². The predicted octanol–water partition coefficient (Wildman–Crippen LogP) is 3.54. The van der Waals surface area contributed by atoms with Gasteiger partial charge in [-0.3, -0.25) is 9.89 Å². The number of nitrogens with zero attached hydrogens (tertiary/aromatic N) is 2. The molecular weight excluding hydrogens is 491 g/mol. The molecule has 3 rings (SSSR count). The summed E-state index contributed by atoms with van der Waals surface area (Å²) in [6.45, 7) is 8.60. The van der Waals surface area contributed by atoms with Crippen LogP contribution in [0.4, 0.5) is 0 Å². The number of ether oxygens (including phenoxy) is 2. The second kappa shape index (κ2) is 14.2. The van der Waals surface area contributed by atoms with Crippen LogP contribution in [0.25, 0.3) is 0 Å². The van der Waals surface area contributed by atoms with E-state index in [1.807, 2.05) is 7.05 Å². The first-order valence-electron chi connectivity index (χ1n) is 11.2. The number of piperidine rings is 1. The molecule has 2 N–H and O–H groups in total. The zero-order valence-corrected chi connectivity index (χ0v) is 20.9. The lowest BCUT2D eigenvalue weighted by Gasteiger charge is -2.33. The molecule has 170 valence electrons. The van der Waals surface area contributed by atoms with Crippen molar-refractivity contribution in [2.45, 2.75) is 64.3 Å². The van der Waals surface area contributed by atoms with Gasteiger partial charge in [0.15, 0.2) is 5.96 Å². The van der Waals surface area contributed by atoms with Gasteiger partial charge in [0.2, 0.25) is 0 Å². The van der Waals surface area contributed by atoms with Crippen LogP contribution in [0.3, 0.4) is 0 Å². The quantitative estimate of drug-likeness (QED) is 0.222. The first-order valence-corrected chi connectivity index (χ1v) is 11.2. The van der Waals surface area contributed by atoms with E-state index in [0.29, 0.717) is 6.04 Å². The van der Waals surface area contributed by atoms with Crippen LogP contribution >= 0.6 is 24.0 Å². The highest BCUT2D eigenvalue weighted by molar-refractivity contribution is 14.0. The van der Waals surface area contributed by atoms with Gasteiger partial charge in [0.1, 0.15) is 0 Å². The third kappa shape index (κ3) is 8.69. The second-order valence-electron chi connectivity index (χ2n) is 8.19. The molecule has 0 aromatic heterocycles. The van der Waals surface area contributed by atoms with E-state index in [1.165, 1.54) is 36.9 Å². The average molecular weight is 530 g/mol. The molecule has 2 unspecified atom stereocenters. The van der Waals surface area contributed by atoms with Crippen molar-refractivity contribution < 1.29 is 9.47 Å². The van der Waals surface area contributed by atoms with E-state index in [-0.39, 0.29) is 30.1 Å². The Bertz CT molecular complexity index is 620. The Morgan fingerprint density at radius 2 is 1.97 bits per heavy atom. The van der Waals surface area contributed by atoms with Crippen molar-refractivity contribution in [3.05, 3.63) is 35.4 Å². The molecule has 1 aromatic carbocycles. The summed E-state index contributed by atoms with van der Waals surface area (Å²) >= 11 is 0. The lowest BCUT2D eigenvalue weighted by atomic mass is 10.0. The first kappa shape index (κ1) is 25.4. The third-order valence-electron chi connectivity index (χ3n) is 5.89. The van der Waals surface area contributed by atoms with E-state index < -0.39 is 0 Å². The molecule has 0 amide bonds. The monoisotopic (exact) mass is 530 g/mol. The van der Waals surface area contributed by atoms with Gasteiger partial charge in [-0.15, -0.1) is 24.0 Å². The van der Waals surface area contributed by atoms with Crippen molar-refractivity contribution in [3.63, 3.8) is 0 Å². The number of nitrogens with one attached hydrogen (secondary N) is 2. The Balaban J connectivity index is 0.00000320. The van der Waals surface area contributed by atoms with Crippen molar-refractivity contribution in [2.24, 2.45) is 4.99 Å². The molecule has 2 atom stereocenters. The summed E-state index contributed by atoms with van der Waals surface area (Å²) in [5, 5.41) is 6.75. The molecule has 0 radical (unpaired) electrons. The molecule has 7 heteroatoms. The minimum absolute atomic E-state index is 0. The number of halogens is 1. The molecule has 0 aliphatic carbocycles. The van der Waals surface area contributed by atoms with E-state index in [9.17, 15) is 0 Å². The average Bonchev–Trinajstić information content (AvgIpc) is 3.26. The van der Waals surface area contributed by atoms with Gasteiger partial charge in [0.05, 0.1) is 12.7 Å². The highest BCUT2D eigenvalue weighted by Crippen LogP contribution is 2.19. The van der Waals surface area contributed by atoms with E-state index in [1.54, 1.807) is 0 Å². The van der Waals surface area contributed by atoms with Crippen molar-refractivity contribution >= 4 is 29.9 Å². The predicted molar refractivity (Wildman–Crippen MR) is 134 cm³/mol. The molecule has 0 spiro atoms. The number of benzene rings is 1. The molecular formula is C23H39IN4O2. The van der Waals surface area contributed by atoms with Crippen molar-refractivity contribution in [1.29, 1.82) is 0 Å². The fourth-order valence-corrected chi connectivity index (χ4v) is 3.97. The topological polar surface area (TPSA) is 58.1 Å². The van der Waals surface area contributed by atoms with Gasteiger partial charge in [-0.2, -0.15) is 0 Å². The zero-order valence-electron chi connectivity index (χ0n) is 18.6. The van der Waals surface area contributed by atoms with Crippen LogP contribution in [0.1, 0.15) is 50.2 Å². The minimum atomic E-state index is 0. The van der Waals surface area contributed by atoms with Crippen molar-refractivity contribution in [3.8, 4) is 0 Å². The lowest BCUT2D eigenvalue weighted by Crippen LogP contribution is -2.37. The van der Waals surface area contributed by atoms with Crippen molar-refractivity contribution in [1.82, 2.24) is 15.5 Å². The van der Waals surface area contributed by atoms with Gasteiger partial charge in [0.25, 0.3) is 0 Å². The molecule has 1 aromatic rings. The minimum Gasteiger partial charge on any atom is -0.379 e. The van der Waals surface area contributed by atoms with Gasteiger partial charge < -0.3 is 20.1 Å². The summed E-state index contributed by atoms with van der Waals surface area (Å²) in [5.41, 5.74) is 2.67. The number of aliphatic imine (C=N–C) groups is 1. The summed E-state index contributed by atoms with van der Waals surface area (Å²) < 4.78 is 11.1. The fraction of sp³-hybridized carbons (Fsp3) is 0.696. The maximum absolute atomic E-state index is 5.79. The molecule has 2 heterocycles. The van der Waals surface area contributed by atoms with Crippen LogP contribution in [0.2, 0.25) is 0 Å². The van der Waals surface area contributed by atoms with Gasteiger partial charge in [-0.1, -0.05) is 30.7 Å². The normalized spacial score (nSPS) is 22.5. The van der Waals surface area contributed by atoms with Gasteiger partial charge in [0, 0.05) is 45.9 Å². The molecule has 6 nitrogen and oxygen atoms in total. The van der Waals surface area contributed by atoms with E-state index >= 15 is 0 Å². The zero-order chi connectivity index (χ0) is 20.3. The van der Waals surface area contributed by atoms with Crippen LogP contribution in [0.5, 0.6) is 0 Å². The van der Waals surface area contributed by atoms with Crippen molar-refractivity contribution in [2.75, 3.05) is 40.0 Å². The van der Waals surface area contributed by atoms with E-state index in [0.717, 1.165) is 58.3 Å². The number of hydrogen-bond acceptors (Lipinski definition) is 4. The molecule has 30 heavy (non-hydrogen) atoms. The Morgan fingerprint density at radius 1 is 1.17 bits per heavy atom. The Labute approximate surface area is 199 Å². The summed E-state index contributed by atoms with van der Waals surface area (Å²) in [6.07, 6.45) is 6.30. The maximum atomic E-state index is 5.79. The molecule has 0 saturated carbocycles. The Kier molecular flexibility index (Phi) is 12.0. The molecule has 2 fully saturated rings. The smallest absolute Gasteiger partial charge is 0.191 e. The number of rotatable bonds is 9. The van der Waals surface area contributed by atoms with Crippen LogP contribution in [-0.2, 0) is 22.6 Å². The largest absolute Gasteiger partial charge is 0.379 e. The highest BCUT2D eigenvalue weighted by Gasteiger charge is 2.18. The SMILES string of the molecule is CN=C(NCCCOC1CCOC1)NCc1ccc(CN2CCCCC2C)cc1.I. The third-order valence-corrected chi connectivity index (χ3v) is 5.89. The number of guanidine groups is 1. The lowest BCUT2D eigenvalue weighted by molar-refractivity contribution is 0.0420. The highest BCUT2D eigenvalue weighted by atomic mass is 127. The summed E-state index contributed by atoms with van der Waals surface area (Å²) in [7, 11) is 1.81. The molecule has 2 saturated heterocycles. The van der Waals surface area contributed by atoms with Crippen LogP contribution in [0, 0.1) is 0 Å². The standard InChI is InChI=1S/C23H38N4O2.HI/c1-19-6-3-4-13-27(19)17-21-9-7-20(8-10-21)16-26-23(24-2)25-12-5-14-29-22-11-15-28-18-22;/h7-10,19,22H,3-6,11-18H2,1-2H3,(H2,24,25,26);1H. The van der Waals surface area contributed by atoms with Gasteiger partial charge in [-0.05, 0) is 50.3 Å². The fourth-order valence-electron chi connectivity index (χ4n) is 3.97. The maximum Gasteiger partial charge on any atom is 0.191 e. The summed E-state index contributed by atoms with van der Waals surface area (Å²) in [4.78, 5) is 6.91. The number of hydrogen-bond donors (Lipinski definition) is 2. The molecule has 2 aliphatic rings. The number of likely N-dealkylation sites (tertiary alicyclic amines) is 1. The van der Waals surface area contributed by atoms with Crippen LogP contribution in [-0.4, -0.2) is 63.0 Å². The van der Waals surface area contributed by atoms with Gasteiger partial charge >= 0.3 is 0 Å². The van der Waals surface area contributed by atoms with E-state index in [4.69, 9.17) is 9.47 Å². The van der Waals surface area contributed by atoms with Crippen LogP contribution in [0.15, 0.2) is 29.3 Å². The second-order valence-corrected chi connectivity index (χ2v) is 8.19.